The highest BCUT2D eigenvalue weighted by Crippen LogP contribution is 2.52. The van der Waals surface area contributed by atoms with Crippen LogP contribution < -0.4 is 0 Å². The molecule has 0 aliphatic heterocycles. The second kappa shape index (κ2) is 9.37. The molecule has 0 amide bonds. The summed E-state index contributed by atoms with van der Waals surface area (Å²) in [7, 11) is 0.911. The monoisotopic (exact) mass is 396 g/mol. The fourth-order valence-electron chi connectivity index (χ4n) is 3.10. The lowest BCUT2D eigenvalue weighted by Gasteiger charge is -2.43. The van der Waals surface area contributed by atoms with Gasteiger partial charge in [-0.05, 0) is 42.9 Å². The Bertz CT molecular complexity index is 811. The summed E-state index contributed by atoms with van der Waals surface area (Å²) >= 11 is 0. The van der Waals surface area contributed by atoms with Crippen LogP contribution >= 0.6 is 10.8 Å². The van der Waals surface area contributed by atoms with Gasteiger partial charge in [0.1, 0.15) is 0 Å². The van der Waals surface area contributed by atoms with E-state index in [0.29, 0.717) is 18.0 Å². The van der Waals surface area contributed by atoms with Gasteiger partial charge in [0.15, 0.2) is 0 Å². The van der Waals surface area contributed by atoms with Crippen molar-refractivity contribution in [3.63, 3.8) is 0 Å². The molecule has 0 bridgehead atoms. The third-order valence-corrected chi connectivity index (χ3v) is 6.38. The number of hydrogen-bond donors (Lipinski definition) is 2. The first-order valence-electron chi connectivity index (χ1n) is 9.30. The molecule has 148 valence electrons. The molecule has 0 aliphatic rings. The molecular weight excluding hydrogens is 368 g/mol. The Labute approximate surface area is 169 Å². The van der Waals surface area contributed by atoms with Gasteiger partial charge in [0.25, 0.3) is 0 Å². The Morgan fingerprint density at radius 2 is 1.04 bits per heavy atom. The summed E-state index contributed by atoms with van der Waals surface area (Å²) in [6.07, 6.45) is 0. The molecule has 3 aromatic rings. The SMILES string of the molecule is CN(C)Cc1ccc(S(O)(O)N(Cc2ccccc2)Cc2ccccc2)cc1. The maximum Gasteiger partial charge on any atom is 0.0753 e. The lowest BCUT2D eigenvalue weighted by Crippen LogP contribution is -2.27. The lowest BCUT2D eigenvalue weighted by molar-refractivity contribution is 0.336. The molecule has 3 aromatic carbocycles. The van der Waals surface area contributed by atoms with Gasteiger partial charge in [-0.2, -0.15) is 4.31 Å². The molecule has 0 radical (unpaired) electrons. The second-order valence-electron chi connectivity index (χ2n) is 7.17. The lowest BCUT2D eigenvalue weighted by atomic mass is 10.2. The topological polar surface area (TPSA) is 46.9 Å². The molecule has 0 spiro atoms. The second-order valence-corrected chi connectivity index (χ2v) is 9.20. The van der Waals surface area contributed by atoms with Gasteiger partial charge >= 0.3 is 0 Å². The third-order valence-electron chi connectivity index (χ3n) is 4.50. The van der Waals surface area contributed by atoms with Crippen molar-refractivity contribution in [1.29, 1.82) is 0 Å². The van der Waals surface area contributed by atoms with Crippen molar-refractivity contribution in [1.82, 2.24) is 9.21 Å². The van der Waals surface area contributed by atoms with Crippen LogP contribution in [0.1, 0.15) is 16.7 Å². The van der Waals surface area contributed by atoms with E-state index in [-0.39, 0.29) is 0 Å². The van der Waals surface area contributed by atoms with Crippen LogP contribution in [-0.4, -0.2) is 32.4 Å². The van der Waals surface area contributed by atoms with E-state index in [9.17, 15) is 9.11 Å². The van der Waals surface area contributed by atoms with Crippen molar-refractivity contribution in [2.24, 2.45) is 0 Å². The molecule has 3 rings (SSSR count). The van der Waals surface area contributed by atoms with Crippen LogP contribution in [0.5, 0.6) is 0 Å². The highest BCUT2D eigenvalue weighted by Gasteiger charge is 2.25. The summed E-state index contributed by atoms with van der Waals surface area (Å²) < 4.78 is 24.2. The summed E-state index contributed by atoms with van der Waals surface area (Å²) in [6, 6.07) is 27.4. The fourth-order valence-corrected chi connectivity index (χ4v) is 4.56. The Kier molecular flexibility index (Phi) is 6.88. The van der Waals surface area contributed by atoms with Gasteiger partial charge in [0, 0.05) is 19.6 Å². The Morgan fingerprint density at radius 1 is 0.607 bits per heavy atom. The van der Waals surface area contributed by atoms with Gasteiger partial charge in [-0.15, -0.1) is 10.8 Å². The predicted molar refractivity (Wildman–Crippen MR) is 117 cm³/mol. The smallest absolute Gasteiger partial charge is 0.0753 e. The maximum atomic E-state index is 11.2. The summed E-state index contributed by atoms with van der Waals surface area (Å²) in [6.45, 7) is 1.73. The molecule has 28 heavy (non-hydrogen) atoms. The van der Waals surface area contributed by atoms with E-state index in [1.54, 1.807) is 4.31 Å². The summed E-state index contributed by atoms with van der Waals surface area (Å²) in [5, 5.41) is 0. The van der Waals surface area contributed by atoms with Crippen molar-refractivity contribution in [2.75, 3.05) is 14.1 Å². The molecule has 0 heterocycles. The number of hydrogen-bond acceptors (Lipinski definition) is 4. The number of nitrogens with zero attached hydrogens (tertiary/aromatic N) is 2. The van der Waals surface area contributed by atoms with Gasteiger partial charge in [0.05, 0.1) is 4.90 Å². The van der Waals surface area contributed by atoms with Crippen molar-refractivity contribution in [3.05, 3.63) is 102 Å². The van der Waals surface area contributed by atoms with Gasteiger partial charge in [0.2, 0.25) is 0 Å². The largest absolute Gasteiger partial charge is 0.305 e. The van der Waals surface area contributed by atoms with Crippen LogP contribution in [-0.2, 0) is 19.6 Å². The summed E-state index contributed by atoms with van der Waals surface area (Å²) in [5.74, 6) is 0. The van der Waals surface area contributed by atoms with Crippen LogP contribution in [0, 0.1) is 0 Å². The molecule has 5 heteroatoms. The molecule has 2 N–H and O–H groups in total. The van der Waals surface area contributed by atoms with Crippen LogP contribution in [0.4, 0.5) is 0 Å². The minimum absolute atomic E-state index is 0.456. The van der Waals surface area contributed by atoms with Gasteiger partial charge < -0.3 is 4.90 Å². The normalized spacial score (nSPS) is 12.5. The van der Waals surface area contributed by atoms with Gasteiger partial charge in [-0.25, -0.2) is 0 Å². The van der Waals surface area contributed by atoms with Gasteiger partial charge in [-0.3, -0.25) is 9.11 Å². The van der Waals surface area contributed by atoms with E-state index in [0.717, 1.165) is 23.2 Å². The van der Waals surface area contributed by atoms with Crippen molar-refractivity contribution in [3.8, 4) is 0 Å². The van der Waals surface area contributed by atoms with Crippen LogP contribution in [0.3, 0.4) is 0 Å². The molecule has 0 fully saturated rings. The van der Waals surface area contributed by atoms with E-state index >= 15 is 0 Å². The first-order valence-corrected chi connectivity index (χ1v) is 10.8. The summed E-state index contributed by atoms with van der Waals surface area (Å²) in [4.78, 5) is 2.63. The first-order chi connectivity index (χ1) is 13.4. The minimum atomic E-state index is -3.12. The highest BCUT2D eigenvalue weighted by molar-refractivity contribution is 8.22. The molecule has 0 saturated heterocycles. The van der Waals surface area contributed by atoms with E-state index in [4.69, 9.17) is 0 Å². The average Bonchev–Trinajstić information content (AvgIpc) is 2.69. The van der Waals surface area contributed by atoms with E-state index in [1.165, 1.54) is 0 Å². The quantitative estimate of drug-likeness (QED) is 0.530. The molecule has 0 aliphatic carbocycles. The Hall–Kier alpha value is -2.15. The highest BCUT2D eigenvalue weighted by atomic mass is 32.3. The van der Waals surface area contributed by atoms with Gasteiger partial charge in [-0.1, -0.05) is 72.8 Å². The standard InChI is InChI=1S/C23H28N2O2S/c1-24(2)17-22-13-15-23(16-14-22)28(26,27)25(18-20-9-5-3-6-10-20)19-21-11-7-4-8-12-21/h3-16,26-27H,17-19H2,1-2H3. The minimum Gasteiger partial charge on any atom is -0.305 e. The molecule has 0 saturated carbocycles. The van der Waals surface area contributed by atoms with Crippen molar-refractivity contribution < 1.29 is 9.11 Å². The van der Waals surface area contributed by atoms with E-state index < -0.39 is 10.8 Å². The molecule has 0 aromatic heterocycles. The average molecular weight is 397 g/mol. The van der Waals surface area contributed by atoms with Crippen molar-refractivity contribution in [2.45, 2.75) is 24.5 Å². The summed E-state index contributed by atoms with van der Waals surface area (Å²) in [5.41, 5.74) is 3.23. The zero-order valence-electron chi connectivity index (χ0n) is 16.4. The predicted octanol–water partition coefficient (Wildman–Crippen LogP) is 5.48. The number of benzene rings is 3. The third kappa shape index (κ3) is 5.44. The molecule has 0 atom stereocenters. The Balaban J connectivity index is 1.88. The van der Waals surface area contributed by atoms with Crippen LogP contribution in [0.15, 0.2) is 89.8 Å². The van der Waals surface area contributed by atoms with Crippen molar-refractivity contribution >= 4 is 10.8 Å². The molecular formula is C23H28N2O2S. The Morgan fingerprint density at radius 3 is 1.46 bits per heavy atom. The first kappa shape index (κ1) is 20.6. The van der Waals surface area contributed by atoms with E-state index in [1.807, 2.05) is 99.0 Å². The number of rotatable bonds is 8. The van der Waals surface area contributed by atoms with E-state index in [2.05, 4.69) is 4.90 Å². The maximum absolute atomic E-state index is 11.2. The molecule has 0 unspecified atom stereocenters. The zero-order chi connectivity index (χ0) is 20.0. The zero-order valence-corrected chi connectivity index (χ0v) is 17.2. The molecule has 4 nitrogen and oxygen atoms in total. The fraction of sp³-hybridized carbons (Fsp3) is 0.217. The van der Waals surface area contributed by atoms with Crippen LogP contribution in [0.25, 0.3) is 0 Å². The van der Waals surface area contributed by atoms with Crippen LogP contribution in [0.2, 0.25) is 0 Å².